The van der Waals surface area contributed by atoms with Gasteiger partial charge in [0.1, 0.15) is 0 Å². The van der Waals surface area contributed by atoms with Crippen molar-refractivity contribution in [2.75, 3.05) is 0 Å². The van der Waals surface area contributed by atoms with Crippen molar-refractivity contribution in [2.45, 2.75) is 65.0 Å². The molecule has 0 radical (unpaired) electrons. The fraction of sp³-hybridized carbons (Fsp3) is 0.550. The average molecular weight is 329 g/mol. The monoisotopic (exact) mass is 329 g/mol. The van der Waals surface area contributed by atoms with Gasteiger partial charge in [-0.25, -0.2) is 0 Å². The largest absolute Gasteiger partial charge is 0.388 e. The summed E-state index contributed by atoms with van der Waals surface area (Å²) in [6.45, 7) is 16.0. The van der Waals surface area contributed by atoms with Gasteiger partial charge in [-0.3, -0.25) is 4.99 Å². The Morgan fingerprint density at radius 2 is 2.17 bits per heavy atom. The average Bonchev–Trinajstić information content (AvgIpc) is 3.28. The van der Waals surface area contributed by atoms with E-state index in [2.05, 4.69) is 36.8 Å². The Bertz CT molecular complexity index is 601. The van der Waals surface area contributed by atoms with Crippen LogP contribution >= 0.6 is 0 Å². The molecule has 0 aromatic heterocycles. The van der Waals surface area contributed by atoms with E-state index in [1.165, 1.54) is 12.8 Å². The van der Waals surface area contributed by atoms with Gasteiger partial charge in [-0.1, -0.05) is 33.1 Å². The van der Waals surface area contributed by atoms with E-state index in [4.69, 9.17) is 4.99 Å². The molecular weight excluding hydrogens is 298 g/mol. The first kappa shape index (κ1) is 18.5. The summed E-state index contributed by atoms with van der Waals surface area (Å²) in [5, 5.41) is 16.8. The highest BCUT2D eigenvalue weighted by Gasteiger charge is 2.30. The maximum Gasteiger partial charge on any atom is 0.0968 e. The van der Waals surface area contributed by atoms with Gasteiger partial charge in [0.2, 0.25) is 0 Å². The standard InChI is InChI=1S/C20H31N3O/c1-7-9-17(15-10-11-15)23-19-14(4)21-12-16(19)13(3)22-18(8-2)20(5,6)24/h9,12,15,18,21-22,24H,3-4,7-8,10-11H2,1-2,5-6H3/b17-9-,23-19+/t18-/m0/s1. The minimum Gasteiger partial charge on any atom is -0.388 e. The van der Waals surface area contributed by atoms with Gasteiger partial charge in [0, 0.05) is 29.1 Å². The van der Waals surface area contributed by atoms with Gasteiger partial charge >= 0.3 is 0 Å². The van der Waals surface area contributed by atoms with E-state index < -0.39 is 5.60 Å². The molecule has 0 bridgehead atoms. The molecule has 1 aliphatic carbocycles. The molecule has 0 amide bonds. The minimum atomic E-state index is -0.820. The summed E-state index contributed by atoms with van der Waals surface area (Å²) < 4.78 is 0. The second kappa shape index (κ2) is 7.39. The van der Waals surface area contributed by atoms with E-state index in [1.807, 2.05) is 27.0 Å². The van der Waals surface area contributed by atoms with Crippen LogP contribution in [0.2, 0.25) is 0 Å². The Morgan fingerprint density at radius 1 is 1.50 bits per heavy atom. The van der Waals surface area contributed by atoms with Gasteiger partial charge in [-0.15, -0.1) is 0 Å². The normalized spacial score (nSPS) is 21.5. The molecule has 1 heterocycles. The van der Waals surface area contributed by atoms with Gasteiger partial charge in [0.25, 0.3) is 0 Å². The second-order valence-corrected chi connectivity index (χ2v) is 7.19. The van der Waals surface area contributed by atoms with Crippen molar-refractivity contribution in [2.24, 2.45) is 10.9 Å². The number of aliphatic hydroxyl groups is 1. The molecule has 24 heavy (non-hydrogen) atoms. The number of aliphatic imine (C=N–C) groups is 1. The van der Waals surface area contributed by atoms with E-state index in [0.717, 1.165) is 41.2 Å². The van der Waals surface area contributed by atoms with Crippen LogP contribution in [0.15, 0.2) is 53.1 Å². The fourth-order valence-electron chi connectivity index (χ4n) is 2.90. The van der Waals surface area contributed by atoms with Crippen LogP contribution in [-0.4, -0.2) is 22.5 Å². The van der Waals surface area contributed by atoms with Crippen molar-refractivity contribution in [3.63, 3.8) is 0 Å². The van der Waals surface area contributed by atoms with Crippen LogP contribution in [0.4, 0.5) is 0 Å². The van der Waals surface area contributed by atoms with Crippen LogP contribution in [0.1, 0.15) is 53.4 Å². The third-order valence-corrected chi connectivity index (χ3v) is 4.52. The summed E-state index contributed by atoms with van der Waals surface area (Å²) >= 11 is 0. The molecule has 2 aliphatic rings. The van der Waals surface area contributed by atoms with Crippen molar-refractivity contribution in [1.29, 1.82) is 0 Å². The lowest BCUT2D eigenvalue weighted by Crippen LogP contribution is -2.46. The molecular formula is C20H31N3O. The smallest absolute Gasteiger partial charge is 0.0968 e. The molecule has 0 saturated heterocycles. The maximum absolute atomic E-state index is 10.3. The molecule has 1 saturated carbocycles. The minimum absolute atomic E-state index is 0.0740. The number of hydrogen-bond donors (Lipinski definition) is 3. The zero-order valence-electron chi connectivity index (χ0n) is 15.4. The number of rotatable bonds is 8. The molecule has 0 aromatic carbocycles. The first-order chi connectivity index (χ1) is 11.3. The Labute approximate surface area is 146 Å². The highest BCUT2D eigenvalue weighted by molar-refractivity contribution is 6.16. The number of nitrogens with one attached hydrogen (secondary N) is 2. The number of allylic oxidation sites excluding steroid dienone is 4. The predicted molar refractivity (Wildman–Crippen MR) is 102 cm³/mol. The van der Waals surface area contributed by atoms with E-state index in [-0.39, 0.29) is 6.04 Å². The molecule has 1 aliphatic heterocycles. The Balaban J connectivity index is 2.20. The third-order valence-electron chi connectivity index (χ3n) is 4.52. The molecule has 1 fully saturated rings. The van der Waals surface area contributed by atoms with E-state index in [1.54, 1.807) is 0 Å². The van der Waals surface area contributed by atoms with Gasteiger partial charge in [0.15, 0.2) is 0 Å². The summed E-state index contributed by atoms with van der Waals surface area (Å²) in [4.78, 5) is 4.89. The summed E-state index contributed by atoms with van der Waals surface area (Å²) in [6, 6.07) is -0.0740. The lowest BCUT2D eigenvalue weighted by molar-refractivity contribution is 0.0403. The van der Waals surface area contributed by atoms with Gasteiger partial charge < -0.3 is 15.7 Å². The van der Waals surface area contributed by atoms with E-state index in [0.29, 0.717) is 5.92 Å². The van der Waals surface area contributed by atoms with Gasteiger partial charge in [0.05, 0.1) is 23.1 Å². The summed E-state index contributed by atoms with van der Waals surface area (Å²) in [5.41, 5.74) is 3.67. The Hall–Kier alpha value is -1.81. The van der Waals surface area contributed by atoms with Crippen molar-refractivity contribution in [3.05, 3.63) is 48.1 Å². The van der Waals surface area contributed by atoms with Crippen LogP contribution < -0.4 is 10.6 Å². The summed E-state index contributed by atoms with van der Waals surface area (Å²) in [7, 11) is 0. The van der Waals surface area contributed by atoms with Crippen LogP contribution in [0, 0.1) is 5.92 Å². The first-order valence-electron chi connectivity index (χ1n) is 8.91. The number of hydrogen-bond acceptors (Lipinski definition) is 4. The molecule has 4 heteroatoms. The zero-order valence-corrected chi connectivity index (χ0v) is 15.4. The molecule has 0 aromatic rings. The summed E-state index contributed by atoms with van der Waals surface area (Å²) in [6.07, 6.45) is 8.33. The number of nitrogens with zero attached hydrogens (tertiary/aromatic N) is 1. The van der Waals surface area contributed by atoms with E-state index in [9.17, 15) is 5.11 Å². The molecule has 0 spiro atoms. The zero-order chi connectivity index (χ0) is 17.9. The molecule has 0 unspecified atom stereocenters. The lowest BCUT2D eigenvalue weighted by atomic mass is 9.95. The van der Waals surface area contributed by atoms with Crippen LogP contribution in [0.25, 0.3) is 0 Å². The Kier molecular flexibility index (Phi) is 5.70. The van der Waals surface area contributed by atoms with Gasteiger partial charge in [-0.2, -0.15) is 0 Å². The lowest BCUT2D eigenvalue weighted by Gasteiger charge is -2.31. The molecule has 1 atom stereocenters. The highest BCUT2D eigenvalue weighted by atomic mass is 16.3. The predicted octanol–water partition coefficient (Wildman–Crippen LogP) is 3.78. The van der Waals surface area contributed by atoms with Crippen molar-refractivity contribution < 1.29 is 5.11 Å². The molecule has 2 rings (SSSR count). The fourth-order valence-corrected chi connectivity index (χ4v) is 2.90. The molecule has 3 N–H and O–H groups in total. The first-order valence-corrected chi connectivity index (χ1v) is 8.91. The second-order valence-electron chi connectivity index (χ2n) is 7.19. The maximum atomic E-state index is 10.3. The van der Waals surface area contributed by atoms with Crippen LogP contribution in [-0.2, 0) is 0 Å². The van der Waals surface area contributed by atoms with E-state index >= 15 is 0 Å². The highest BCUT2D eigenvalue weighted by Crippen LogP contribution is 2.38. The van der Waals surface area contributed by atoms with Crippen molar-refractivity contribution in [3.8, 4) is 0 Å². The molecule has 132 valence electrons. The van der Waals surface area contributed by atoms with Gasteiger partial charge in [-0.05, 0) is 39.5 Å². The summed E-state index contributed by atoms with van der Waals surface area (Å²) in [5.74, 6) is 0.591. The quantitative estimate of drug-likeness (QED) is 0.635. The van der Waals surface area contributed by atoms with Crippen LogP contribution in [0.3, 0.4) is 0 Å². The van der Waals surface area contributed by atoms with Crippen molar-refractivity contribution >= 4 is 5.71 Å². The Morgan fingerprint density at radius 3 is 2.67 bits per heavy atom. The topological polar surface area (TPSA) is 56.6 Å². The van der Waals surface area contributed by atoms with Crippen molar-refractivity contribution in [1.82, 2.24) is 10.6 Å². The molecule has 4 nitrogen and oxygen atoms in total. The third kappa shape index (κ3) is 4.38. The SMILES string of the molecule is C=C(N[C@@H](CC)C(C)(C)O)C1=CNC(=C)/C1=N\C(=C/CC)C1CC1. The van der Waals surface area contributed by atoms with Crippen LogP contribution in [0.5, 0.6) is 0 Å².